The van der Waals surface area contributed by atoms with Crippen molar-refractivity contribution in [1.29, 1.82) is 5.41 Å². The van der Waals surface area contributed by atoms with Gasteiger partial charge in [-0.15, -0.1) is 0 Å². The number of nitrogens with one attached hydrogen (secondary N) is 2. The standard InChI is InChI=1S/C15H22F3N3O3/c16-15(17,18)10-6-4-9(5-7-10)8-20-14(24)21-11(13(22)23)2-1-3-12(21)19/h9-11,19H,1-8H2,(H,20,24)(H,22,23). The molecule has 1 aliphatic carbocycles. The third-order valence-corrected chi connectivity index (χ3v) is 4.85. The topological polar surface area (TPSA) is 93.5 Å². The summed E-state index contributed by atoms with van der Waals surface area (Å²) in [4.78, 5) is 24.4. The number of carboxylic acid groups (broad SMARTS) is 1. The number of piperidine rings is 1. The van der Waals surface area contributed by atoms with Crippen LogP contribution < -0.4 is 5.32 Å². The lowest BCUT2D eigenvalue weighted by atomic mass is 9.81. The molecule has 1 heterocycles. The van der Waals surface area contributed by atoms with E-state index in [9.17, 15) is 27.9 Å². The molecule has 1 aliphatic heterocycles. The zero-order valence-corrected chi connectivity index (χ0v) is 13.2. The van der Waals surface area contributed by atoms with E-state index in [2.05, 4.69) is 5.32 Å². The fourth-order valence-corrected chi connectivity index (χ4v) is 3.41. The second kappa shape index (κ2) is 7.40. The van der Waals surface area contributed by atoms with E-state index in [1.165, 1.54) is 0 Å². The van der Waals surface area contributed by atoms with Crippen molar-refractivity contribution in [2.45, 2.75) is 57.2 Å². The molecular weight excluding hydrogens is 327 g/mol. The van der Waals surface area contributed by atoms with Crippen molar-refractivity contribution in [1.82, 2.24) is 10.2 Å². The molecule has 0 radical (unpaired) electrons. The summed E-state index contributed by atoms with van der Waals surface area (Å²) in [6, 6.07) is -1.70. The zero-order chi connectivity index (χ0) is 17.9. The molecular formula is C15H22F3N3O3. The van der Waals surface area contributed by atoms with Gasteiger partial charge < -0.3 is 10.4 Å². The maximum Gasteiger partial charge on any atom is 0.391 e. The average molecular weight is 349 g/mol. The summed E-state index contributed by atoms with van der Waals surface area (Å²) in [5.41, 5.74) is 0. The smallest absolute Gasteiger partial charge is 0.391 e. The number of rotatable bonds is 3. The second-order valence-corrected chi connectivity index (χ2v) is 6.51. The minimum absolute atomic E-state index is 0.0353. The fraction of sp³-hybridized carbons (Fsp3) is 0.800. The highest BCUT2D eigenvalue weighted by molar-refractivity contribution is 6.00. The van der Waals surface area contributed by atoms with Crippen molar-refractivity contribution < 1.29 is 27.9 Å². The number of nitrogens with zero attached hydrogens (tertiary/aromatic N) is 1. The highest BCUT2D eigenvalue weighted by Crippen LogP contribution is 2.39. The van der Waals surface area contributed by atoms with E-state index in [-0.39, 0.29) is 31.1 Å². The number of aliphatic carboxylic acids is 1. The molecule has 1 atom stereocenters. The minimum Gasteiger partial charge on any atom is -0.480 e. The summed E-state index contributed by atoms with van der Waals surface area (Å²) in [5.74, 6) is -2.50. The summed E-state index contributed by atoms with van der Waals surface area (Å²) < 4.78 is 37.9. The van der Waals surface area contributed by atoms with E-state index in [0.717, 1.165) is 4.90 Å². The zero-order valence-electron chi connectivity index (χ0n) is 13.2. The van der Waals surface area contributed by atoms with Crippen molar-refractivity contribution >= 4 is 17.8 Å². The lowest BCUT2D eigenvalue weighted by Crippen LogP contribution is -2.55. The molecule has 1 saturated heterocycles. The largest absolute Gasteiger partial charge is 0.480 e. The van der Waals surface area contributed by atoms with Crippen molar-refractivity contribution in [3.8, 4) is 0 Å². The van der Waals surface area contributed by atoms with Gasteiger partial charge in [-0.25, -0.2) is 9.59 Å². The Balaban J connectivity index is 1.84. The number of hydrogen-bond donors (Lipinski definition) is 3. The predicted octanol–water partition coefficient (Wildman–Crippen LogP) is 2.98. The number of amides is 2. The second-order valence-electron chi connectivity index (χ2n) is 6.51. The molecule has 9 heteroatoms. The van der Waals surface area contributed by atoms with E-state index < -0.39 is 30.1 Å². The molecule has 24 heavy (non-hydrogen) atoms. The van der Waals surface area contributed by atoms with Crippen molar-refractivity contribution in [3.63, 3.8) is 0 Å². The average Bonchev–Trinajstić information content (AvgIpc) is 2.51. The summed E-state index contributed by atoms with van der Waals surface area (Å²) >= 11 is 0. The van der Waals surface area contributed by atoms with E-state index in [1.807, 2.05) is 0 Å². The highest BCUT2D eigenvalue weighted by atomic mass is 19.4. The van der Waals surface area contributed by atoms with Gasteiger partial charge in [0.25, 0.3) is 0 Å². The Morgan fingerprint density at radius 3 is 2.38 bits per heavy atom. The van der Waals surface area contributed by atoms with Crippen molar-refractivity contribution in [3.05, 3.63) is 0 Å². The van der Waals surface area contributed by atoms with E-state index in [1.54, 1.807) is 0 Å². The van der Waals surface area contributed by atoms with Crippen LogP contribution in [0.1, 0.15) is 44.9 Å². The third kappa shape index (κ3) is 4.39. The Morgan fingerprint density at radius 1 is 1.21 bits per heavy atom. The number of carbonyl (C=O) groups is 2. The molecule has 1 saturated carbocycles. The van der Waals surface area contributed by atoms with Crippen LogP contribution in [0.5, 0.6) is 0 Å². The summed E-state index contributed by atoms with van der Waals surface area (Å²) in [5, 5.41) is 19.6. The number of halogens is 3. The quantitative estimate of drug-likeness (QED) is 0.731. The van der Waals surface area contributed by atoms with Crippen LogP contribution in [-0.2, 0) is 4.79 Å². The number of carbonyl (C=O) groups excluding carboxylic acids is 1. The first-order chi connectivity index (χ1) is 11.2. The molecule has 0 bridgehead atoms. The van der Waals surface area contributed by atoms with Gasteiger partial charge in [0.1, 0.15) is 11.9 Å². The van der Waals surface area contributed by atoms with Gasteiger partial charge in [-0.3, -0.25) is 10.3 Å². The fourth-order valence-electron chi connectivity index (χ4n) is 3.41. The van der Waals surface area contributed by atoms with Crippen LogP contribution in [0.4, 0.5) is 18.0 Å². The summed E-state index contributed by atoms with van der Waals surface area (Å²) in [6.45, 7) is 0.208. The Labute approximate surface area is 137 Å². The Morgan fingerprint density at radius 2 is 1.83 bits per heavy atom. The van der Waals surface area contributed by atoms with Gasteiger partial charge in [-0.05, 0) is 44.4 Å². The number of carboxylic acids is 1. The maximum absolute atomic E-state index is 12.6. The number of urea groups is 1. The van der Waals surface area contributed by atoms with Gasteiger partial charge in [-0.2, -0.15) is 13.2 Å². The molecule has 2 amide bonds. The molecule has 2 aliphatic rings. The minimum atomic E-state index is -4.16. The van der Waals surface area contributed by atoms with Crippen molar-refractivity contribution in [2.24, 2.45) is 11.8 Å². The van der Waals surface area contributed by atoms with Gasteiger partial charge in [0.15, 0.2) is 0 Å². The van der Waals surface area contributed by atoms with Gasteiger partial charge in [0.05, 0.1) is 5.92 Å². The molecule has 1 unspecified atom stereocenters. The van der Waals surface area contributed by atoms with Gasteiger partial charge >= 0.3 is 18.2 Å². The van der Waals surface area contributed by atoms with Crippen LogP contribution in [0, 0.1) is 17.2 Å². The van der Waals surface area contributed by atoms with Crippen molar-refractivity contribution in [2.75, 3.05) is 6.54 Å². The van der Waals surface area contributed by atoms with E-state index in [4.69, 9.17) is 5.41 Å². The molecule has 2 fully saturated rings. The summed E-state index contributed by atoms with van der Waals surface area (Å²) in [6.07, 6.45) is -2.11. The SMILES string of the molecule is N=C1CCCC(C(=O)O)N1C(=O)NCC1CCC(C(F)(F)F)CC1. The van der Waals surface area contributed by atoms with Crippen LogP contribution >= 0.6 is 0 Å². The summed E-state index contributed by atoms with van der Waals surface area (Å²) in [7, 11) is 0. The highest BCUT2D eigenvalue weighted by Gasteiger charge is 2.41. The first-order valence-electron chi connectivity index (χ1n) is 8.14. The lowest BCUT2D eigenvalue weighted by Gasteiger charge is -2.34. The molecule has 6 nitrogen and oxygen atoms in total. The maximum atomic E-state index is 12.6. The van der Waals surface area contributed by atoms with Crippen LogP contribution in [0.2, 0.25) is 0 Å². The van der Waals surface area contributed by atoms with Gasteiger partial charge in [0.2, 0.25) is 0 Å². The normalized spacial score (nSPS) is 28.5. The molecule has 136 valence electrons. The predicted molar refractivity (Wildman–Crippen MR) is 79.7 cm³/mol. The first kappa shape index (κ1) is 18.5. The number of hydrogen-bond acceptors (Lipinski definition) is 3. The van der Waals surface area contributed by atoms with Crippen LogP contribution in [0.3, 0.4) is 0 Å². The molecule has 0 aromatic heterocycles. The Bertz CT molecular complexity index is 502. The number of alkyl halides is 3. The lowest BCUT2D eigenvalue weighted by molar-refractivity contribution is -0.183. The van der Waals surface area contributed by atoms with Crippen LogP contribution in [0.15, 0.2) is 0 Å². The van der Waals surface area contributed by atoms with E-state index >= 15 is 0 Å². The van der Waals surface area contributed by atoms with Gasteiger partial charge in [-0.1, -0.05) is 0 Å². The number of amidine groups is 1. The molecule has 0 spiro atoms. The Kier molecular flexibility index (Phi) is 5.71. The molecule has 0 aromatic rings. The monoisotopic (exact) mass is 349 g/mol. The molecule has 2 rings (SSSR count). The van der Waals surface area contributed by atoms with Crippen LogP contribution in [-0.4, -0.2) is 46.6 Å². The third-order valence-electron chi connectivity index (χ3n) is 4.85. The van der Waals surface area contributed by atoms with Gasteiger partial charge in [0, 0.05) is 13.0 Å². The van der Waals surface area contributed by atoms with Crippen LogP contribution in [0.25, 0.3) is 0 Å². The Hall–Kier alpha value is -1.80. The van der Waals surface area contributed by atoms with E-state index in [0.29, 0.717) is 32.1 Å². The molecule has 3 N–H and O–H groups in total. The molecule has 0 aromatic carbocycles. The number of likely N-dealkylation sites (tertiary alicyclic amines) is 1. The first-order valence-corrected chi connectivity index (χ1v) is 8.14.